The predicted octanol–water partition coefficient (Wildman–Crippen LogP) is 1.17. The minimum Gasteiger partial charge on any atom is -0.354 e. The Morgan fingerprint density at radius 1 is 1.64 bits per heavy atom. The molecule has 0 saturated heterocycles. The van der Waals surface area contributed by atoms with Crippen LogP contribution in [-0.2, 0) is 4.79 Å². The highest BCUT2D eigenvalue weighted by atomic mass is 32.2. The Balaban J connectivity index is 3.46. The summed E-state index contributed by atoms with van der Waals surface area (Å²) in [6.07, 6.45) is 2.03. The quantitative estimate of drug-likeness (QED) is 0.656. The average molecular weight is 193 g/mol. The van der Waals surface area contributed by atoms with Crippen molar-refractivity contribution in [2.45, 2.75) is 24.3 Å². The van der Waals surface area contributed by atoms with Crippen molar-refractivity contribution in [3.8, 4) is 0 Å². The lowest BCUT2D eigenvalue weighted by Gasteiger charge is -2.10. The Bertz CT molecular complexity index is 128. The van der Waals surface area contributed by atoms with Gasteiger partial charge in [0, 0.05) is 11.8 Å². The first-order valence-electron chi connectivity index (χ1n) is 3.56. The van der Waals surface area contributed by atoms with Gasteiger partial charge in [0.2, 0.25) is 5.91 Å². The van der Waals surface area contributed by atoms with Gasteiger partial charge < -0.3 is 5.32 Å². The van der Waals surface area contributed by atoms with Crippen LogP contribution in [0.5, 0.6) is 0 Å². The minimum absolute atomic E-state index is 0.00855. The average Bonchev–Trinajstić information content (AvgIpc) is 1.99. The van der Waals surface area contributed by atoms with Crippen molar-refractivity contribution in [1.82, 2.24) is 5.32 Å². The summed E-state index contributed by atoms with van der Waals surface area (Å²) in [7, 11) is 0. The molecule has 1 amide bonds. The van der Waals surface area contributed by atoms with E-state index in [2.05, 4.69) is 24.9 Å². The lowest BCUT2D eigenvalue weighted by Crippen LogP contribution is -2.33. The van der Waals surface area contributed by atoms with Gasteiger partial charge in [0.1, 0.15) is 0 Å². The van der Waals surface area contributed by atoms with E-state index in [-0.39, 0.29) is 11.2 Å². The van der Waals surface area contributed by atoms with Crippen molar-refractivity contribution < 1.29 is 4.79 Å². The van der Waals surface area contributed by atoms with Gasteiger partial charge in [-0.05, 0) is 13.2 Å². The van der Waals surface area contributed by atoms with Crippen LogP contribution in [-0.4, -0.2) is 29.2 Å². The first kappa shape index (κ1) is 11.2. The molecule has 1 N–H and O–H groups in total. The Morgan fingerprint density at radius 3 is 2.55 bits per heavy atom. The summed E-state index contributed by atoms with van der Waals surface area (Å²) < 4.78 is 0. The summed E-state index contributed by atoms with van der Waals surface area (Å²) in [6.45, 7) is 4.57. The maximum atomic E-state index is 11.0. The van der Waals surface area contributed by atoms with Crippen molar-refractivity contribution in [2.24, 2.45) is 0 Å². The third-order valence-corrected chi connectivity index (χ3v) is 2.55. The van der Waals surface area contributed by atoms with Gasteiger partial charge in [0.15, 0.2) is 0 Å². The molecule has 0 radical (unpaired) electrons. The van der Waals surface area contributed by atoms with Crippen LogP contribution < -0.4 is 5.32 Å². The fourth-order valence-corrected chi connectivity index (χ4v) is 0.817. The highest BCUT2D eigenvalue weighted by Gasteiger charge is 2.07. The number of nitrogens with one attached hydrogen (secondary N) is 1. The summed E-state index contributed by atoms with van der Waals surface area (Å²) >= 11 is 5.74. The van der Waals surface area contributed by atoms with Crippen LogP contribution in [0.2, 0.25) is 0 Å². The van der Waals surface area contributed by atoms with Crippen LogP contribution in [0.15, 0.2) is 0 Å². The topological polar surface area (TPSA) is 29.1 Å². The van der Waals surface area contributed by atoms with Crippen LogP contribution in [0.4, 0.5) is 0 Å². The molecule has 0 spiro atoms. The Morgan fingerprint density at radius 2 is 2.18 bits per heavy atom. The van der Waals surface area contributed by atoms with Crippen LogP contribution >= 0.6 is 24.4 Å². The van der Waals surface area contributed by atoms with Crippen LogP contribution in [0.3, 0.4) is 0 Å². The van der Waals surface area contributed by atoms with Gasteiger partial charge in [-0.2, -0.15) is 24.4 Å². The van der Waals surface area contributed by atoms with Gasteiger partial charge in [0.05, 0.1) is 5.25 Å². The molecule has 0 bridgehead atoms. The van der Waals surface area contributed by atoms with Crippen molar-refractivity contribution >= 4 is 30.3 Å². The van der Waals surface area contributed by atoms with Gasteiger partial charge in [-0.15, -0.1) is 0 Å². The zero-order chi connectivity index (χ0) is 8.85. The Kier molecular flexibility index (Phi) is 5.86. The zero-order valence-electron chi connectivity index (χ0n) is 7.13. The van der Waals surface area contributed by atoms with Gasteiger partial charge in [0.25, 0.3) is 0 Å². The molecule has 0 aliphatic rings. The number of hydrogen-bond acceptors (Lipinski definition) is 3. The molecule has 2 unspecified atom stereocenters. The van der Waals surface area contributed by atoms with Crippen molar-refractivity contribution in [1.29, 1.82) is 0 Å². The number of thioether (sulfide) groups is 1. The van der Waals surface area contributed by atoms with E-state index in [1.165, 1.54) is 0 Å². The fourth-order valence-electron chi connectivity index (χ4n) is 0.475. The fraction of sp³-hybridized carbons (Fsp3) is 0.857. The van der Waals surface area contributed by atoms with E-state index in [4.69, 9.17) is 0 Å². The lowest BCUT2D eigenvalue weighted by molar-refractivity contribution is -0.120. The van der Waals surface area contributed by atoms with E-state index in [9.17, 15) is 4.79 Å². The first-order valence-corrected chi connectivity index (χ1v) is 5.37. The third kappa shape index (κ3) is 5.44. The van der Waals surface area contributed by atoms with E-state index >= 15 is 0 Å². The van der Waals surface area contributed by atoms with Gasteiger partial charge >= 0.3 is 0 Å². The SMILES string of the molecule is CSC(C)CNC(=O)C(C)S. The smallest absolute Gasteiger partial charge is 0.232 e. The molecule has 0 saturated carbocycles. The molecule has 0 heterocycles. The summed E-state index contributed by atoms with van der Waals surface area (Å²) in [4.78, 5) is 11.0. The molecule has 0 rings (SSSR count). The highest BCUT2D eigenvalue weighted by molar-refractivity contribution is 7.99. The number of hydrogen-bond donors (Lipinski definition) is 2. The van der Waals surface area contributed by atoms with Crippen molar-refractivity contribution in [3.63, 3.8) is 0 Å². The van der Waals surface area contributed by atoms with Crippen molar-refractivity contribution in [2.75, 3.05) is 12.8 Å². The molecule has 11 heavy (non-hydrogen) atoms. The second kappa shape index (κ2) is 5.77. The molecule has 0 aliphatic carbocycles. The molecule has 66 valence electrons. The molecule has 0 aliphatic heterocycles. The van der Waals surface area contributed by atoms with E-state index in [0.717, 1.165) is 6.54 Å². The molecule has 0 fully saturated rings. The Hall–Kier alpha value is 0.170. The number of amides is 1. The van der Waals surface area contributed by atoms with Crippen LogP contribution in [0, 0.1) is 0 Å². The minimum atomic E-state index is -0.205. The molecule has 2 nitrogen and oxygen atoms in total. The molecule has 0 aromatic rings. The van der Waals surface area contributed by atoms with Crippen molar-refractivity contribution in [3.05, 3.63) is 0 Å². The molecule has 0 aromatic heterocycles. The van der Waals surface area contributed by atoms with Crippen LogP contribution in [0.25, 0.3) is 0 Å². The number of carbonyl (C=O) groups excluding carboxylic acids is 1. The van der Waals surface area contributed by atoms with E-state index < -0.39 is 0 Å². The Labute approximate surface area is 77.9 Å². The lowest BCUT2D eigenvalue weighted by atomic mass is 10.4. The number of rotatable bonds is 4. The van der Waals surface area contributed by atoms with E-state index in [1.54, 1.807) is 18.7 Å². The van der Waals surface area contributed by atoms with E-state index in [0.29, 0.717) is 5.25 Å². The monoisotopic (exact) mass is 193 g/mol. The second-order valence-corrected chi connectivity index (χ2v) is 4.52. The molecule has 4 heteroatoms. The normalized spacial score (nSPS) is 15.6. The molecular weight excluding hydrogens is 178 g/mol. The zero-order valence-corrected chi connectivity index (χ0v) is 8.84. The highest BCUT2D eigenvalue weighted by Crippen LogP contribution is 2.02. The number of thiol groups is 1. The largest absolute Gasteiger partial charge is 0.354 e. The summed E-state index contributed by atoms with van der Waals surface area (Å²) in [5.74, 6) is 0.00855. The maximum Gasteiger partial charge on any atom is 0.232 e. The number of carbonyl (C=O) groups is 1. The molecule has 0 aromatic carbocycles. The molecular formula is C7H15NOS2. The second-order valence-electron chi connectivity index (χ2n) is 2.47. The summed E-state index contributed by atoms with van der Waals surface area (Å²) in [6, 6.07) is 0. The van der Waals surface area contributed by atoms with Crippen LogP contribution in [0.1, 0.15) is 13.8 Å². The van der Waals surface area contributed by atoms with E-state index in [1.807, 2.05) is 6.26 Å². The van der Waals surface area contributed by atoms with Gasteiger partial charge in [-0.25, -0.2) is 0 Å². The standard InChI is InChI=1S/C7H15NOS2/c1-5(11-3)4-8-7(9)6(2)10/h5-6,10H,4H2,1-3H3,(H,8,9). The maximum absolute atomic E-state index is 11.0. The van der Waals surface area contributed by atoms with Gasteiger partial charge in [-0.1, -0.05) is 6.92 Å². The summed E-state index contributed by atoms with van der Waals surface area (Å²) in [5.41, 5.74) is 0. The third-order valence-electron chi connectivity index (χ3n) is 1.35. The first-order chi connectivity index (χ1) is 5.07. The predicted molar refractivity (Wildman–Crippen MR) is 54.4 cm³/mol. The van der Waals surface area contributed by atoms with Gasteiger partial charge in [-0.3, -0.25) is 4.79 Å². The summed E-state index contributed by atoms with van der Waals surface area (Å²) in [5, 5.41) is 3.07. The molecule has 2 atom stereocenters.